The fourth-order valence-corrected chi connectivity index (χ4v) is 27.4. The van der Waals surface area contributed by atoms with Crippen LogP contribution in [-0.2, 0) is 54.1 Å². The van der Waals surface area contributed by atoms with Crippen LogP contribution in [0, 0.1) is 215 Å². The Labute approximate surface area is 939 Å². The molecule has 0 unspecified atom stereocenters. The van der Waals surface area contributed by atoms with Crippen LogP contribution in [0.3, 0.4) is 0 Å². The number of anilines is 8. The zero-order chi connectivity index (χ0) is 110. The van der Waals surface area contributed by atoms with Gasteiger partial charge in [0.05, 0.1) is 0 Å². The van der Waals surface area contributed by atoms with Gasteiger partial charge in [0.25, 0.3) is 0 Å². The van der Waals surface area contributed by atoms with Crippen molar-refractivity contribution in [1.29, 1.82) is 0 Å². The van der Waals surface area contributed by atoms with E-state index in [0.717, 1.165) is 78.0 Å². The van der Waals surface area contributed by atoms with Crippen LogP contribution in [0.4, 0.5) is 45.5 Å². The van der Waals surface area contributed by atoms with Crippen molar-refractivity contribution >= 4 is 166 Å². The predicted molar refractivity (Wildman–Crippen MR) is 648 cm³/mol. The van der Waals surface area contributed by atoms with Crippen molar-refractivity contribution in [2.24, 2.45) is 41.6 Å². The Morgan fingerprint density at radius 2 is 0.445 bits per heavy atom. The fourth-order valence-electron chi connectivity index (χ4n) is 20.1. The zero-order valence-electron chi connectivity index (χ0n) is 95.6. The summed E-state index contributed by atoms with van der Waals surface area (Å²) >= 11 is -6.40. The summed E-state index contributed by atoms with van der Waals surface area (Å²) in [7, 11) is 47.9. The van der Waals surface area contributed by atoms with E-state index in [0.29, 0.717) is 12.1 Å². The van der Waals surface area contributed by atoms with Crippen molar-refractivity contribution in [3.05, 3.63) is 257 Å². The molecule has 0 atom stereocenters. The van der Waals surface area contributed by atoms with Gasteiger partial charge in [-0.05, 0) is 255 Å². The molecule has 5 aliphatic rings. The monoisotopic (exact) mass is 2500 g/mol. The Balaban J connectivity index is 0.000000259. The second-order valence-corrected chi connectivity index (χ2v) is 68.6. The third-order valence-electron chi connectivity index (χ3n) is 25.9. The zero-order valence-corrected chi connectivity index (χ0v) is 109. The smallest absolute Gasteiger partial charge is 0.0146 e. The van der Waals surface area contributed by atoms with Gasteiger partial charge in [-0.2, -0.15) is 26.7 Å². The van der Waals surface area contributed by atoms with Crippen LogP contribution in [-0.4, -0.2) is 120 Å². The van der Waals surface area contributed by atoms with Crippen molar-refractivity contribution in [3.8, 4) is 0 Å². The normalized spacial score (nSPS) is 15.1. The van der Waals surface area contributed by atoms with Gasteiger partial charge in [-0.25, -0.2) is 0 Å². The standard InChI is InChI=1S/4C21H27N2.C12H21N.C10H19N.C9H17N.C7H13N.8ClH.4Ru/c4*1-14-9-16(3)20(17(4)10-14)22-7-8-23(13-22)21-18(5)11-15(2)12-19(21)6;1-4-12(2,3)10-13-11-8-6-5-7-9-11;1-7-10(5,6)8-11-9(2,3)4;1-6-9(4,5)7-10-8(2)3;1-5-7(2,3)6-8-4;;;;;;;;;;;;/h4*9-13H,7-8H2,1-6H3;1,10-11H,4-9H2,2-3H3;1,8H,7H2,2-6H3;1,7-8H,6H2,2-5H3;1,6H,5H2,2-4H3;8*1H;;;;/q4*-1;;;;;;;;;;;;;4*+2/p-8. The minimum atomic E-state index is -1.62. The number of nitrogens with zero attached hydrogens (tertiary/aromatic N) is 12. The molecule has 0 N–H and O–H groups in total. The van der Waals surface area contributed by atoms with Gasteiger partial charge >= 0.3 is 389 Å². The quantitative estimate of drug-likeness (QED) is 0.0377. The molecule has 1 aliphatic carbocycles. The molecule has 4 aliphatic heterocycles. The molecule has 0 amide bonds. The number of halogens is 8. The summed E-state index contributed by atoms with van der Waals surface area (Å²) in [5.74, 6) is 0. The molecule has 5 fully saturated rings. The van der Waals surface area contributed by atoms with Crippen molar-refractivity contribution < 1.29 is 54.1 Å². The first-order valence-corrected chi connectivity index (χ1v) is 73.3. The third-order valence-corrected chi connectivity index (χ3v) is 34.6. The Hall–Kier alpha value is -4.87. The van der Waals surface area contributed by atoms with Gasteiger partial charge in [0.15, 0.2) is 0 Å². The summed E-state index contributed by atoms with van der Waals surface area (Å²) < 4.78 is 8.14. The topological polar surface area (TPSA) is 75.4 Å². The van der Waals surface area contributed by atoms with E-state index in [9.17, 15) is 0 Å². The second-order valence-electron chi connectivity index (χ2n) is 44.9. The number of rotatable bonds is 22. The van der Waals surface area contributed by atoms with Crippen molar-refractivity contribution in [3.63, 3.8) is 0 Å². The SMILES string of the molecule is CC(C)(C=NC(C)(C)C)C[CH]=[Ru]([Cl])[Cl].CC(C)(C=NC1CCCCC1)C[CH]=[Ru]([Cl])[Cl].CC(C)N=CC(C)(C)C[CH]=[Ru]([Cl])[Cl].CN=CC(C)(C)C[CH]=[Ru]([Cl])[Cl].Cc1cc(C)c(N2[CH-]N(c3c(C)cc(C)cc3C)CC2)c(C)c1.Cc1cc(C)c(N2[CH-]N(c3c(C)cc(C)cc3C)CC2)c(C)c1.Cc1cc(C)c(N2[CH-]N(c3c(C)cc(C)cc3C)CC2)c(C)c1.Cc1cc(C)c(N2[CH-]N(c3c(C)cc(C)cc3C)CC2)c(C)c1. The molecule has 818 valence electrons. The van der Waals surface area contributed by atoms with Crippen LogP contribution in [0.5, 0.6) is 0 Å². The van der Waals surface area contributed by atoms with Crippen LogP contribution >= 0.6 is 77.5 Å². The van der Waals surface area contributed by atoms with Gasteiger partial charge in [0.1, 0.15) is 0 Å². The molecule has 0 aromatic heterocycles. The van der Waals surface area contributed by atoms with E-state index in [-0.39, 0.29) is 27.2 Å². The minimum Gasteiger partial charge on any atom is -0.502 e. The molecule has 8 aromatic carbocycles. The number of hydrogen-bond donors (Lipinski definition) is 0. The Morgan fingerprint density at radius 3 is 0.610 bits per heavy atom. The fraction of sp³-hybridized carbons (Fsp3) is 0.508. The largest absolute Gasteiger partial charge is 0.502 e. The van der Waals surface area contributed by atoms with Crippen LogP contribution < -0.4 is 39.2 Å². The van der Waals surface area contributed by atoms with Gasteiger partial charge in [0.2, 0.25) is 0 Å². The molecular formula is C122H178Cl8N12Ru4-4. The van der Waals surface area contributed by atoms with Gasteiger partial charge in [-0.15, -0.1) is 0 Å². The molecule has 0 radical (unpaired) electrons. The molecular weight excluding hydrogens is 2320 g/mol. The first kappa shape index (κ1) is 130. The Kier molecular flexibility index (Phi) is 53.6. The molecule has 8 aromatic rings. The van der Waals surface area contributed by atoms with Gasteiger partial charge < -0.3 is 39.2 Å². The molecule has 0 spiro atoms. The molecule has 4 heterocycles. The maximum atomic E-state index is 5.84. The van der Waals surface area contributed by atoms with E-state index in [2.05, 4.69) is 445 Å². The average Bonchev–Trinajstić information content (AvgIpc) is 1.65. The number of aliphatic imine (C=N–C) groups is 4. The van der Waals surface area contributed by atoms with Gasteiger partial charge in [-0.3, -0.25) is 0 Å². The summed E-state index contributed by atoms with van der Waals surface area (Å²) in [5, 5.41) is 0. The summed E-state index contributed by atoms with van der Waals surface area (Å²) in [6.07, 6.45) is 18.3. The maximum Gasteiger partial charge on any atom is 0.0146 e. The second kappa shape index (κ2) is 60.3. The van der Waals surface area contributed by atoms with Gasteiger partial charge in [-0.1, -0.05) is 142 Å². The Bertz CT molecular complexity index is 4940. The average molecular weight is 2500 g/mol. The van der Waals surface area contributed by atoms with Crippen LogP contribution in [0.25, 0.3) is 0 Å². The van der Waals surface area contributed by atoms with Crippen molar-refractivity contribution in [2.45, 2.75) is 332 Å². The first-order chi connectivity index (χ1) is 67.9. The molecule has 146 heavy (non-hydrogen) atoms. The van der Waals surface area contributed by atoms with Crippen LogP contribution in [0.2, 0.25) is 0 Å². The van der Waals surface area contributed by atoms with E-state index in [1.165, 1.54) is 211 Å². The molecule has 24 heteroatoms. The summed E-state index contributed by atoms with van der Waals surface area (Å²) in [6, 6.07) is 37.4. The van der Waals surface area contributed by atoms with E-state index >= 15 is 0 Å². The third kappa shape index (κ3) is 43.8. The van der Waals surface area contributed by atoms with Crippen LogP contribution in [0.15, 0.2) is 117 Å². The van der Waals surface area contributed by atoms with E-state index in [4.69, 9.17) is 82.5 Å². The van der Waals surface area contributed by atoms with E-state index in [1.807, 2.05) is 32.5 Å². The molecule has 0 bridgehead atoms. The first-order valence-electron chi connectivity index (χ1n) is 51.4. The minimum absolute atomic E-state index is 0.00358. The van der Waals surface area contributed by atoms with E-state index < -0.39 is 54.1 Å². The maximum absolute atomic E-state index is 5.84. The number of benzene rings is 8. The van der Waals surface area contributed by atoms with Crippen molar-refractivity contribution in [1.82, 2.24) is 0 Å². The summed E-state index contributed by atoms with van der Waals surface area (Å²) in [4.78, 5) is 36.8. The predicted octanol–water partition coefficient (Wildman–Crippen LogP) is 34.9. The number of aryl methyl sites for hydroxylation is 24. The number of hydrogen-bond acceptors (Lipinski definition) is 12. The van der Waals surface area contributed by atoms with E-state index in [1.54, 1.807) is 7.05 Å². The summed E-state index contributed by atoms with van der Waals surface area (Å²) in [5.41, 5.74) is 43.7. The molecule has 1 saturated carbocycles. The van der Waals surface area contributed by atoms with Crippen molar-refractivity contribution in [2.75, 3.05) is 98.6 Å². The molecule has 4 saturated heterocycles. The summed E-state index contributed by atoms with van der Waals surface area (Å²) in [6.45, 7) is 97.9. The Morgan fingerprint density at radius 1 is 0.274 bits per heavy atom. The van der Waals surface area contributed by atoms with Gasteiger partial charge in [0, 0.05) is 97.9 Å². The molecule has 13 rings (SSSR count). The van der Waals surface area contributed by atoms with Crippen LogP contribution in [0.1, 0.15) is 281 Å². The molecule has 12 nitrogen and oxygen atoms in total.